The quantitative estimate of drug-likeness (QED) is 0.331. The van der Waals surface area contributed by atoms with Gasteiger partial charge in [-0.15, -0.1) is 0 Å². The van der Waals surface area contributed by atoms with Crippen LogP contribution < -0.4 is 29.6 Å². The molecular weight excluding hydrogens is 520 g/mol. The number of nitrogens with zero attached hydrogens (tertiary/aromatic N) is 5. The molecule has 1 aliphatic rings. The molecule has 0 atom stereocenters. The molecule has 0 bridgehead atoms. The van der Waals surface area contributed by atoms with Crippen molar-refractivity contribution in [2.45, 2.75) is 6.92 Å². The molecule has 204 valence electrons. The number of piperazine rings is 1. The number of nitrogens with two attached hydrogens (primary N) is 1. The summed E-state index contributed by atoms with van der Waals surface area (Å²) in [7, 11) is 3.21. The summed E-state index contributed by atoms with van der Waals surface area (Å²) >= 11 is 1.44. The molecule has 0 radical (unpaired) electrons. The number of thiazole rings is 1. The number of hydrogen-bond acceptors (Lipinski definition) is 11. The van der Waals surface area contributed by atoms with E-state index in [0.29, 0.717) is 66.2 Å². The average molecular weight is 551 g/mol. The van der Waals surface area contributed by atoms with Gasteiger partial charge in [0.25, 0.3) is 5.91 Å². The number of benzene rings is 2. The molecule has 5 rings (SSSR count). The first-order chi connectivity index (χ1) is 19.0. The van der Waals surface area contributed by atoms with Gasteiger partial charge < -0.3 is 34.5 Å². The first-order valence-electron chi connectivity index (χ1n) is 12.5. The lowest BCUT2D eigenvalue weighted by molar-refractivity contribution is -0.133. The van der Waals surface area contributed by atoms with Gasteiger partial charge in [0.2, 0.25) is 5.95 Å². The van der Waals surface area contributed by atoms with Crippen molar-refractivity contribution in [2.75, 3.05) is 64.2 Å². The van der Waals surface area contributed by atoms with Crippen molar-refractivity contribution < 1.29 is 23.7 Å². The number of carbonyl (C=O) groups excluding carboxylic acids is 1. The highest BCUT2D eigenvalue weighted by Gasteiger charge is 2.25. The van der Waals surface area contributed by atoms with Crippen molar-refractivity contribution in [3.63, 3.8) is 0 Å². The number of anilines is 2. The average Bonchev–Trinajstić information content (AvgIpc) is 3.40. The summed E-state index contributed by atoms with van der Waals surface area (Å²) in [6.07, 6.45) is 0. The maximum atomic E-state index is 12.8. The summed E-state index contributed by atoms with van der Waals surface area (Å²) in [6.45, 7) is 4.68. The summed E-state index contributed by atoms with van der Waals surface area (Å²) in [5.74, 6) is 3.44. The molecule has 0 saturated carbocycles. The summed E-state index contributed by atoms with van der Waals surface area (Å²) in [5.41, 5.74) is 7.64. The van der Waals surface area contributed by atoms with Gasteiger partial charge in [-0.1, -0.05) is 11.3 Å². The van der Waals surface area contributed by atoms with Crippen LogP contribution in [0.1, 0.15) is 6.92 Å². The van der Waals surface area contributed by atoms with E-state index in [1.54, 1.807) is 43.4 Å². The fourth-order valence-corrected chi connectivity index (χ4v) is 5.26. The van der Waals surface area contributed by atoms with E-state index >= 15 is 0 Å². The van der Waals surface area contributed by atoms with Crippen molar-refractivity contribution in [1.82, 2.24) is 19.9 Å². The smallest absolute Gasteiger partial charge is 0.260 e. The summed E-state index contributed by atoms with van der Waals surface area (Å²) in [4.78, 5) is 31.2. The molecule has 0 aliphatic carbocycles. The third kappa shape index (κ3) is 5.75. The van der Waals surface area contributed by atoms with Crippen LogP contribution in [0.2, 0.25) is 0 Å². The Balaban J connectivity index is 1.28. The number of carbonyl (C=O) groups is 1. The lowest BCUT2D eigenvalue weighted by Gasteiger charge is -2.35. The fraction of sp³-hybridized carbons (Fsp3) is 0.333. The Kier molecular flexibility index (Phi) is 7.82. The van der Waals surface area contributed by atoms with Gasteiger partial charge in [0, 0.05) is 31.7 Å². The van der Waals surface area contributed by atoms with Crippen LogP contribution in [-0.4, -0.2) is 79.4 Å². The minimum Gasteiger partial charge on any atom is -0.497 e. The Morgan fingerprint density at radius 1 is 0.923 bits per heavy atom. The molecule has 2 N–H and O–H groups in total. The first kappa shape index (κ1) is 26.3. The van der Waals surface area contributed by atoms with Gasteiger partial charge in [-0.05, 0) is 49.4 Å². The third-order valence-electron chi connectivity index (χ3n) is 6.32. The van der Waals surface area contributed by atoms with Gasteiger partial charge in [-0.3, -0.25) is 4.79 Å². The number of ether oxygens (including phenoxy) is 4. The second kappa shape index (κ2) is 11.6. The van der Waals surface area contributed by atoms with E-state index in [1.807, 2.05) is 25.1 Å². The van der Waals surface area contributed by atoms with Crippen LogP contribution in [-0.2, 0) is 4.79 Å². The van der Waals surface area contributed by atoms with E-state index < -0.39 is 0 Å². The highest BCUT2D eigenvalue weighted by Crippen LogP contribution is 2.37. The highest BCUT2D eigenvalue weighted by molar-refractivity contribution is 7.21. The Bertz CT molecular complexity index is 1450. The minimum absolute atomic E-state index is 0.0297. The van der Waals surface area contributed by atoms with Gasteiger partial charge in [0.15, 0.2) is 28.8 Å². The largest absolute Gasteiger partial charge is 0.497 e. The zero-order chi connectivity index (χ0) is 27.4. The van der Waals surface area contributed by atoms with Gasteiger partial charge in [0.05, 0.1) is 20.8 Å². The lowest BCUT2D eigenvalue weighted by atomic mass is 10.2. The van der Waals surface area contributed by atoms with Gasteiger partial charge in [0.1, 0.15) is 22.0 Å². The van der Waals surface area contributed by atoms with Crippen LogP contribution in [0, 0.1) is 0 Å². The normalized spacial score (nSPS) is 13.4. The van der Waals surface area contributed by atoms with Crippen molar-refractivity contribution >= 4 is 39.4 Å². The molecule has 2 aromatic carbocycles. The second-order valence-corrected chi connectivity index (χ2v) is 9.69. The number of aromatic nitrogens is 3. The van der Waals surface area contributed by atoms with Crippen molar-refractivity contribution in [3.05, 3.63) is 42.5 Å². The Morgan fingerprint density at radius 2 is 1.67 bits per heavy atom. The molecule has 4 aromatic rings. The zero-order valence-corrected chi connectivity index (χ0v) is 22.9. The van der Waals surface area contributed by atoms with Gasteiger partial charge >= 0.3 is 0 Å². The van der Waals surface area contributed by atoms with Crippen LogP contribution in [0.15, 0.2) is 42.5 Å². The van der Waals surface area contributed by atoms with Crippen LogP contribution in [0.5, 0.6) is 23.0 Å². The molecule has 3 heterocycles. The Morgan fingerprint density at radius 3 is 2.36 bits per heavy atom. The number of methoxy groups -OCH3 is 2. The van der Waals surface area contributed by atoms with Gasteiger partial charge in [-0.2, -0.15) is 4.98 Å². The summed E-state index contributed by atoms with van der Waals surface area (Å²) < 4.78 is 22.0. The standard InChI is InChI=1S/C27H30N6O5S/c1-4-37-20-10-5-17(15-21(20)36-3)25-29-23-24(30-27(28)31-26(23)39-25)33-13-11-32(12-14-33)22(34)16-38-19-8-6-18(35-2)7-9-19/h5-10,15H,4,11-14,16H2,1-3H3,(H2,28,30,31). The Labute approximate surface area is 230 Å². The van der Waals surface area contributed by atoms with E-state index in [9.17, 15) is 4.79 Å². The van der Waals surface area contributed by atoms with E-state index in [2.05, 4.69) is 14.9 Å². The maximum Gasteiger partial charge on any atom is 0.260 e. The molecule has 1 saturated heterocycles. The van der Waals surface area contributed by atoms with E-state index in [4.69, 9.17) is 29.7 Å². The maximum absolute atomic E-state index is 12.8. The minimum atomic E-state index is -0.0711. The molecule has 1 aliphatic heterocycles. The Hall–Kier alpha value is -4.32. The van der Waals surface area contributed by atoms with E-state index in [1.165, 1.54) is 11.3 Å². The van der Waals surface area contributed by atoms with Crippen LogP contribution in [0.4, 0.5) is 11.8 Å². The van der Waals surface area contributed by atoms with Crippen molar-refractivity contribution in [1.29, 1.82) is 0 Å². The molecule has 1 amide bonds. The molecule has 2 aromatic heterocycles. The summed E-state index contributed by atoms with van der Waals surface area (Å²) in [5, 5.41) is 0.775. The topological polar surface area (TPSA) is 125 Å². The number of fused-ring (bicyclic) bond motifs is 1. The zero-order valence-electron chi connectivity index (χ0n) is 22.0. The monoisotopic (exact) mass is 550 g/mol. The second-order valence-electron chi connectivity index (χ2n) is 8.71. The van der Waals surface area contributed by atoms with Crippen LogP contribution in [0.25, 0.3) is 20.9 Å². The SMILES string of the molecule is CCOc1ccc(-c2nc3c(N4CCN(C(=O)COc5ccc(OC)cc5)CC4)nc(N)nc3s2)cc1OC. The molecule has 12 heteroatoms. The molecular formula is C27H30N6O5S. The van der Waals surface area contributed by atoms with E-state index in [-0.39, 0.29) is 18.5 Å². The predicted octanol–water partition coefficient (Wildman–Crippen LogP) is 3.48. The van der Waals surface area contributed by atoms with Crippen LogP contribution in [0.3, 0.4) is 0 Å². The van der Waals surface area contributed by atoms with Crippen molar-refractivity contribution in [3.8, 4) is 33.6 Å². The number of rotatable bonds is 9. The lowest BCUT2D eigenvalue weighted by Crippen LogP contribution is -2.50. The highest BCUT2D eigenvalue weighted by atomic mass is 32.1. The summed E-state index contributed by atoms with van der Waals surface area (Å²) in [6, 6.07) is 12.9. The predicted molar refractivity (Wildman–Crippen MR) is 150 cm³/mol. The third-order valence-corrected chi connectivity index (χ3v) is 7.32. The van der Waals surface area contributed by atoms with Crippen LogP contribution >= 0.6 is 11.3 Å². The fourth-order valence-electron chi connectivity index (χ4n) is 4.32. The number of hydrogen-bond donors (Lipinski definition) is 1. The molecule has 0 spiro atoms. The molecule has 0 unspecified atom stereocenters. The van der Waals surface area contributed by atoms with Gasteiger partial charge in [-0.25, -0.2) is 9.97 Å². The molecule has 39 heavy (non-hydrogen) atoms. The molecule has 1 fully saturated rings. The van der Waals surface area contributed by atoms with E-state index in [0.717, 1.165) is 16.3 Å². The first-order valence-corrected chi connectivity index (χ1v) is 13.4. The number of nitrogen functional groups attached to an aromatic ring is 1. The molecule has 11 nitrogen and oxygen atoms in total. The number of amides is 1. The van der Waals surface area contributed by atoms with Crippen molar-refractivity contribution in [2.24, 2.45) is 0 Å².